The number of carbonyl (C=O) groups excluding carboxylic acids is 2. The van der Waals surface area contributed by atoms with Crippen LogP contribution in [0.2, 0.25) is 0 Å². The monoisotopic (exact) mass is 270 g/mol. The first kappa shape index (κ1) is 13.6. The molecule has 104 valence electrons. The molecule has 0 aromatic rings. The fourth-order valence-corrected chi connectivity index (χ4v) is 1.06. The summed E-state index contributed by atoms with van der Waals surface area (Å²) in [7, 11) is 0. The van der Waals surface area contributed by atoms with Crippen molar-refractivity contribution in [2.24, 2.45) is 0 Å². The zero-order chi connectivity index (χ0) is 13.8. The summed E-state index contributed by atoms with van der Waals surface area (Å²) >= 11 is 0. The molecule has 2 fully saturated rings. The van der Waals surface area contributed by atoms with E-state index >= 15 is 0 Å². The van der Waals surface area contributed by atoms with Crippen LogP contribution in [-0.2, 0) is 33.3 Å². The third-order valence-electron chi connectivity index (χ3n) is 2.31. The summed E-state index contributed by atoms with van der Waals surface area (Å²) in [5.41, 5.74) is 0. The van der Waals surface area contributed by atoms with Crippen molar-refractivity contribution in [1.29, 1.82) is 0 Å². The van der Waals surface area contributed by atoms with Crippen molar-refractivity contribution in [2.75, 3.05) is 26.4 Å². The highest BCUT2D eigenvalue weighted by Gasteiger charge is 2.27. The second kappa shape index (κ2) is 5.85. The van der Waals surface area contributed by atoms with Gasteiger partial charge in [-0.2, -0.15) is 0 Å². The molecule has 2 atom stereocenters. The van der Waals surface area contributed by atoms with Crippen LogP contribution < -0.4 is 0 Å². The van der Waals surface area contributed by atoms with Crippen LogP contribution in [0.15, 0.2) is 24.7 Å². The van der Waals surface area contributed by atoms with Crippen molar-refractivity contribution >= 4 is 11.9 Å². The molecule has 0 N–H and O–H groups in total. The van der Waals surface area contributed by atoms with Gasteiger partial charge in [-0.05, 0) is 13.2 Å². The van der Waals surface area contributed by atoms with E-state index in [-0.39, 0.29) is 36.9 Å². The van der Waals surface area contributed by atoms with Gasteiger partial charge in [0.05, 0.1) is 13.2 Å². The van der Waals surface area contributed by atoms with Gasteiger partial charge in [0.1, 0.15) is 25.4 Å². The van der Waals surface area contributed by atoms with E-state index in [1.165, 1.54) is 0 Å². The first-order valence-corrected chi connectivity index (χ1v) is 5.69. The third kappa shape index (κ3) is 4.72. The van der Waals surface area contributed by atoms with Crippen molar-refractivity contribution in [2.45, 2.75) is 12.2 Å². The first-order chi connectivity index (χ1) is 9.06. The summed E-state index contributed by atoms with van der Waals surface area (Å²) < 4.78 is 24.2. The van der Waals surface area contributed by atoms with Crippen LogP contribution in [0.1, 0.15) is 0 Å². The Morgan fingerprint density at radius 2 is 1.32 bits per heavy atom. The number of hydrogen-bond donors (Lipinski definition) is 0. The average Bonchev–Trinajstić information content (AvgIpc) is 3.27. The SMILES string of the molecule is C=C(OC(=C)C(=O)OCC1CO1)C(=O)OCC1CO1. The molecule has 19 heavy (non-hydrogen) atoms. The first-order valence-electron chi connectivity index (χ1n) is 5.69. The normalized spacial score (nSPS) is 23.2. The molecule has 0 amide bonds. The van der Waals surface area contributed by atoms with Crippen LogP contribution in [0.4, 0.5) is 0 Å². The van der Waals surface area contributed by atoms with Crippen molar-refractivity contribution in [1.82, 2.24) is 0 Å². The van der Waals surface area contributed by atoms with Crippen LogP contribution in [0.3, 0.4) is 0 Å². The Hall–Kier alpha value is -1.86. The van der Waals surface area contributed by atoms with Gasteiger partial charge in [0, 0.05) is 0 Å². The molecule has 0 aliphatic carbocycles. The fourth-order valence-electron chi connectivity index (χ4n) is 1.06. The maximum absolute atomic E-state index is 11.4. The highest BCUT2D eigenvalue weighted by molar-refractivity contribution is 5.89. The molecule has 7 heteroatoms. The Balaban J connectivity index is 1.65. The molecule has 2 unspecified atom stereocenters. The van der Waals surface area contributed by atoms with Gasteiger partial charge in [0.15, 0.2) is 0 Å². The minimum Gasteiger partial charge on any atom is -0.457 e. The number of carbonyl (C=O) groups is 2. The van der Waals surface area contributed by atoms with E-state index < -0.39 is 11.9 Å². The summed E-state index contributed by atoms with van der Waals surface area (Å²) in [6, 6.07) is 0. The van der Waals surface area contributed by atoms with Gasteiger partial charge >= 0.3 is 11.9 Å². The van der Waals surface area contributed by atoms with Crippen LogP contribution in [0, 0.1) is 0 Å². The molecule has 0 aromatic carbocycles. The van der Waals surface area contributed by atoms with Gasteiger partial charge in [-0.3, -0.25) is 0 Å². The molecule has 0 radical (unpaired) electrons. The van der Waals surface area contributed by atoms with E-state index in [4.69, 9.17) is 23.7 Å². The van der Waals surface area contributed by atoms with Crippen molar-refractivity contribution < 1.29 is 33.3 Å². The molecule has 2 aliphatic heterocycles. The molecule has 7 nitrogen and oxygen atoms in total. The highest BCUT2D eigenvalue weighted by atomic mass is 16.6. The molecule has 2 heterocycles. The second-order valence-electron chi connectivity index (χ2n) is 4.06. The Labute approximate surface area is 109 Å². The van der Waals surface area contributed by atoms with Gasteiger partial charge in [-0.25, -0.2) is 9.59 Å². The lowest BCUT2D eigenvalue weighted by atomic mass is 10.5. The van der Waals surface area contributed by atoms with Crippen LogP contribution in [-0.4, -0.2) is 50.6 Å². The molecule has 0 spiro atoms. The van der Waals surface area contributed by atoms with Gasteiger partial charge < -0.3 is 23.7 Å². The predicted octanol–water partition coefficient (Wildman–Crippen LogP) is -0.0856. The van der Waals surface area contributed by atoms with Gasteiger partial charge in [0.25, 0.3) is 0 Å². The molecule has 2 aliphatic rings. The smallest absolute Gasteiger partial charge is 0.373 e. The zero-order valence-corrected chi connectivity index (χ0v) is 10.3. The molecule has 0 saturated carbocycles. The summed E-state index contributed by atoms with van der Waals surface area (Å²) in [5.74, 6) is -2.19. The number of ether oxygens (including phenoxy) is 5. The lowest BCUT2D eigenvalue weighted by Gasteiger charge is -2.09. The Morgan fingerprint density at radius 3 is 1.63 bits per heavy atom. The van der Waals surface area contributed by atoms with Crippen LogP contribution >= 0.6 is 0 Å². The van der Waals surface area contributed by atoms with E-state index in [2.05, 4.69) is 13.2 Å². The molecular formula is C12H14O7. The van der Waals surface area contributed by atoms with E-state index in [0.717, 1.165) is 0 Å². The summed E-state index contributed by atoms with van der Waals surface area (Å²) in [5, 5.41) is 0. The third-order valence-corrected chi connectivity index (χ3v) is 2.31. The largest absolute Gasteiger partial charge is 0.457 e. The minimum atomic E-state index is -0.769. The molecule has 0 aromatic heterocycles. The topological polar surface area (TPSA) is 86.9 Å². The minimum absolute atomic E-state index is 0.0524. The summed E-state index contributed by atoms with van der Waals surface area (Å²) in [4.78, 5) is 22.8. The zero-order valence-electron chi connectivity index (χ0n) is 10.3. The molecule has 2 rings (SSSR count). The summed E-state index contributed by atoms with van der Waals surface area (Å²) in [6.07, 6.45) is -0.105. The number of esters is 2. The van der Waals surface area contributed by atoms with Gasteiger partial charge in [-0.1, -0.05) is 0 Å². The van der Waals surface area contributed by atoms with E-state index in [9.17, 15) is 9.59 Å². The maximum Gasteiger partial charge on any atom is 0.373 e. The lowest BCUT2D eigenvalue weighted by molar-refractivity contribution is -0.146. The Kier molecular flexibility index (Phi) is 4.18. The van der Waals surface area contributed by atoms with Crippen molar-refractivity contribution in [3.05, 3.63) is 24.7 Å². The number of epoxide rings is 2. The van der Waals surface area contributed by atoms with Gasteiger partial charge in [0.2, 0.25) is 11.5 Å². The maximum atomic E-state index is 11.4. The Morgan fingerprint density at radius 1 is 0.947 bits per heavy atom. The number of rotatable bonds is 8. The summed E-state index contributed by atoms with van der Waals surface area (Å²) in [6.45, 7) is 8.12. The van der Waals surface area contributed by atoms with E-state index in [1.54, 1.807) is 0 Å². The second-order valence-corrected chi connectivity index (χ2v) is 4.06. The number of hydrogen-bond acceptors (Lipinski definition) is 7. The Bertz CT molecular complexity index is 368. The lowest BCUT2D eigenvalue weighted by Crippen LogP contribution is -2.17. The van der Waals surface area contributed by atoms with E-state index in [1.807, 2.05) is 0 Å². The molecular weight excluding hydrogens is 256 g/mol. The molecule has 2 saturated heterocycles. The molecule has 0 bridgehead atoms. The van der Waals surface area contributed by atoms with Crippen LogP contribution in [0.5, 0.6) is 0 Å². The predicted molar refractivity (Wildman–Crippen MR) is 60.8 cm³/mol. The fraction of sp³-hybridized carbons (Fsp3) is 0.500. The van der Waals surface area contributed by atoms with E-state index in [0.29, 0.717) is 13.2 Å². The van der Waals surface area contributed by atoms with Crippen molar-refractivity contribution in [3.63, 3.8) is 0 Å². The van der Waals surface area contributed by atoms with Crippen LogP contribution in [0.25, 0.3) is 0 Å². The average molecular weight is 270 g/mol. The quantitative estimate of drug-likeness (QED) is 0.264. The highest BCUT2D eigenvalue weighted by Crippen LogP contribution is 2.13. The van der Waals surface area contributed by atoms with Gasteiger partial charge in [-0.15, -0.1) is 0 Å². The van der Waals surface area contributed by atoms with Crippen molar-refractivity contribution in [3.8, 4) is 0 Å². The standard InChI is InChI=1S/C12H14O7/c1-7(11(13)17-5-9-3-15-9)19-8(2)12(14)18-6-10-4-16-10/h9-10H,1-6H2.